The molecule has 0 aliphatic carbocycles. The van der Waals surface area contributed by atoms with Crippen LogP contribution in [0.1, 0.15) is 13.3 Å². The molecule has 1 aromatic carbocycles. The van der Waals surface area contributed by atoms with Gasteiger partial charge in [0.1, 0.15) is 0 Å². The minimum atomic E-state index is -0.154. The molecule has 2 rings (SSSR count). The summed E-state index contributed by atoms with van der Waals surface area (Å²) in [6.07, 6.45) is 0.230. The van der Waals surface area contributed by atoms with Crippen LogP contribution in [0.25, 0.3) is 0 Å². The van der Waals surface area contributed by atoms with Gasteiger partial charge in [-0.05, 0) is 17.9 Å². The van der Waals surface area contributed by atoms with Crippen molar-refractivity contribution in [3.8, 4) is 11.5 Å². The third-order valence-electron chi connectivity index (χ3n) is 2.58. The molecular formula is C14H17N3O3S2. The molecule has 2 aromatic rings. The van der Waals surface area contributed by atoms with E-state index in [4.69, 9.17) is 9.47 Å². The van der Waals surface area contributed by atoms with Crippen LogP contribution in [0, 0.1) is 0 Å². The van der Waals surface area contributed by atoms with E-state index in [1.165, 1.54) is 11.3 Å². The maximum absolute atomic E-state index is 11.8. The molecule has 0 unspecified atom stereocenters. The van der Waals surface area contributed by atoms with Gasteiger partial charge in [0.15, 0.2) is 15.8 Å². The topological polar surface area (TPSA) is 73.3 Å². The molecular weight excluding hydrogens is 322 g/mol. The summed E-state index contributed by atoms with van der Waals surface area (Å²) in [7, 11) is 1.58. The van der Waals surface area contributed by atoms with E-state index < -0.39 is 0 Å². The van der Waals surface area contributed by atoms with Crippen molar-refractivity contribution in [3.05, 3.63) is 24.3 Å². The maximum atomic E-state index is 11.8. The number of ether oxygens (including phenoxy) is 2. The van der Waals surface area contributed by atoms with Gasteiger partial charge in [-0.2, -0.15) is 0 Å². The maximum Gasteiger partial charge on any atom is 0.229 e. The Kier molecular flexibility index (Phi) is 6.47. The number of carbonyl (C=O) groups is 1. The van der Waals surface area contributed by atoms with Crippen LogP contribution in [0.3, 0.4) is 0 Å². The first kappa shape index (κ1) is 16.6. The highest BCUT2D eigenvalue weighted by molar-refractivity contribution is 8.01. The first-order valence-electron chi connectivity index (χ1n) is 6.75. The molecule has 0 spiro atoms. The Morgan fingerprint density at radius 2 is 2.09 bits per heavy atom. The summed E-state index contributed by atoms with van der Waals surface area (Å²) in [5, 5.41) is 11.1. The Hall–Kier alpha value is -1.80. The fraction of sp³-hybridized carbons (Fsp3) is 0.357. The molecule has 0 saturated carbocycles. The Bertz CT molecular complexity index is 619. The van der Waals surface area contributed by atoms with E-state index in [2.05, 4.69) is 15.5 Å². The molecule has 0 aliphatic rings. The van der Waals surface area contributed by atoms with Crippen molar-refractivity contribution in [2.75, 3.05) is 24.8 Å². The molecule has 0 radical (unpaired) electrons. The summed E-state index contributed by atoms with van der Waals surface area (Å²) < 4.78 is 11.6. The summed E-state index contributed by atoms with van der Waals surface area (Å²) >= 11 is 2.97. The summed E-state index contributed by atoms with van der Waals surface area (Å²) in [6, 6.07) is 7.32. The average Bonchev–Trinajstić information content (AvgIpc) is 2.95. The summed E-state index contributed by atoms with van der Waals surface area (Å²) in [4.78, 5) is 11.8. The Balaban J connectivity index is 1.77. The molecule has 22 heavy (non-hydrogen) atoms. The van der Waals surface area contributed by atoms with Gasteiger partial charge in [-0.15, -0.1) is 10.2 Å². The molecule has 0 saturated heterocycles. The lowest BCUT2D eigenvalue weighted by atomic mass is 10.3. The average molecular weight is 339 g/mol. The Morgan fingerprint density at radius 3 is 2.82 bits per heavy atom. The molecule has 1 amide bonds. The second-order valence-electron chi connectivity index (χ2n) is 4.10. The van der Waals surface area contributed by atoms with Gasteiger partial charge in [-0.3, -0.25) is 4.79 Å². The third kappa shape index (κ3) is 4.88. The Morgan fingerprint density at radius 1 is 1.32 bits per heavy atom. The number of benzene rings is 1. The molecule has 1 aromatic heterocycles. The molecule has 8 heteroatoms. The van der Waals surface area contributed by atoms with E-state index in [-0.39, 0.29) is 18.9 Å². The van der Waals surface area contributed by atoms with Crippen molar-refractivity contribution in [1.29, 1.82) is 0 Å². The van der Waals surface area contributed by atoms with Crippen LogP contribution in [0.5, 0.6) is 11.5 Å². The van der Waals surface area contributed by atoms with Gasteiger partial charge in [0.25, 0.3) is 0 Å². The van der Waals surface area contributed by atoms with Crippen molar-refractivity contribution in [2.45, 2.75) is 17.7 Å². The van der Waals surface area contributed by atoms with Crippen molar-refractivity contribution in [1.82, 2.24) is 10.2 Å². The third-order valence-corrected chi connectivity index (χ3v) is 4.43. The zero-order chi connectivity index (χ0) is 15.8. The number of aromatic nitrogens is 2. The highest BCUT2D eigenvalue weighted by atomic mass is 32.2. The number of para-hydroxylation sites is 2. The van der Waals surface area contributed by atoms with E-state index in [1.54, 1.807) is 24.9 Å². The number of nitrogens with zero attached hydrogens (tertiary/aromatic N) is 2. The largest absolute Gasteiger partial charge is 0.493 e. The number of carbonyl (C=O) groups excluding carboxylic acids is 1. The van der Waals surface area contributed by atoms with Crippen LogP contribution in [-0.2, 0) is 4.79 Å². The van der Waals surface area contributed by atoms with Crippen LogP contribution in [0.4, 0.5) is 5.13 Å². The second kappa shape index (κ2) is 8.60. The molecule has 0 bridgehead atoms. The quantitative estimate of drug-likeness (QED) is 0.588. The molecule has 118 valence electrons. The first-order valence-corrected chi connectivity index (χ1v) is 8.55. The molecule has 0 atom stereocenters. The molecule has 1 heterocycles. The number of thioether (sulfide) groups is 1. The number of amides is 1. The van der Waals surface area contributed by atoms with Crippen molar-refractivity contribution in [2.24, 2.45) is 0 Å². The predicted octanol–water partition coefficient (Wildman–Crippen LogP) is 3.07. The lowest BCUT2D eigenvalue weighted by Gasteiger charge is -2.09. The van der Waals surface area contributed by atoms with E-state index in [1.807, 2.05) is 25.1 Å². The van der Waals surface area contributed by atoms with Crippen molar-refractivity contribution < 1.29 is 14.3 Å². The molecule has 0 aliphatic heterocycles. The van der Waals surface area contributed by atoms with Gasteiger partial charge in [0.05, 0.1) is 20.1 Å². The first-order chi connectivity index (χ1) is 10.7. The second-order valence-corrected chi connectivity index (χ2v) is 6.59. The van der Waals surface area contributed by atoms with Gasteiger partial charge in [-0.1, -0.05) is 42.2 Å². The van der Waals surface area contributed by atoms with Crippen LogP contribution in [0.15, 0.2) is 28.6 Å². The minimum Gasteiger partial charge on any atom is -0.493 e. The molecule has 0 fully saturated rings. The van der Waals surface area contributed by atoms with Crippen LogP contribution in [0.2, 0.25) is 0 Å². The monoisotopic (exact) mass is 339 g/mol. The lowest BCUT2D eigenvalue weighted by Crippen LogP contribution is -2.15. The number of anilines is 1. The zero-order valence-corrected chi connectivity index (χ0v) is 14.0. The van der Waals surface area contributed by atoms with Crippen LogP contribution >= 0.6 is 23.1 Å². The number of hydrogen-bond acceptors (Lipinski definition) is 7. The van der Waals surface area contributed by atoms with Crippen molar-refractivity contribution >= 4 is 34.1 Å². The van der Waals surface area contributed by atoms with E-state index in [9.17, 15) is 4.79 Å². The number of rotatable bonds is 8. The number of nitrogens with one attached hydrogen (secondary N) is 1. The van der Waals surface area contributed by atoms with Crippen LogP contribution < -0.4 is 14.8 Å². The predicted molar refractivity (Wildman–Crippen MR) is 88.0 cm³/mol. The number of methoxy groups -OCH3 is 1. The standard InChI is InChI=1S/C14H17N3O3S2/c1-3-21-14-17-16-13(22-14)15-12(18)8-9-20-11-7-5-4-6-10(11)19-2/h4-7H,3,8-9H2,1-2H3,(H,15,16,18). The highest BCUT2D eigenvalue weighted by Crippen LogP contribution is 2.26. The summed E-state index contributed by atoms with van der Waals surface area (Å²) in [6.45, 7) is 2.31. The van der Waals surface area contributed by atoms with Gasteiger partial charge in [0, 0.05) is 0 Å². The van der Waals surface area contributed by atoms with E-state index in [0.29, 0.717) is 16.6 Å². The summed E-state index contributed by atoms with van der Waals surface area (Å²) in [5.74, 6) is 2.04. The highest BCUT2D eigenvalue weighted by Gasteiger charge is 2.09. The lowest BCUT2D eigenvalue weighted by molar-refractivity contribution is -0.116. The van der Waals surface area contributed by atoms with Gasteiger partial charge in [-0.25, -0.2) is 0 Å². The SMILES string of the molecule is CCSc1nnc(NC(=O)CCOc2ccccc2OC)s1. The fourth-order valence-corrected chi connectivity index (χ4v) is 3.28. The van der Waals surface area contributed by atoms with E-state index in [0.717, 1.165) is 10.1 Å². The van der Waals surface area contributed by atoms with Gasteiger partial charge < -0.3 is 14.8 Å². The Labute approximate surface area is 137 Å². The number of hydrogen-bond donors (Lipinski definition) is 1. The van der Waals surface area contributed by atoms with Gasteiger partial charge in [0.2, 0.25) is 11.0 Å². The normalized spacial score (nSPS) is 10.3. The summed E-state index contributed by atoms with van der Waals surface area (Å²) in [5.41, 5.74) is 0. The molecule has 1 N–H and O–H groups in total. The minimum absolute atomic E-state index is 0.154. The van der Waals surface area contributed by atoms with Gasteiger partial charge >= 0.3 is 0 Å². The van der Waals surface area contributed by atoms with Crippen molar-refractivity contribution in [3.63, 3.8) is 0 Å². The zero-order valence-electron chi connectivity index (χ0n) is 12.4. The van der Waals surface area contributed by atoms with E-state index >= 15 is 0 Å². The van der Waals surface area contributed by atoms with Crippen LogP contribution in [-0.4, -0.2) is 35.6 Å². The smallest absolute Gasteiger partial charge is 0.229 e. The molecule has 6 nitrogen and oxygen atoms in total. The fourth-order valence-electron chi connectivity index (χ4n) is 1.62.